The molecule has 1 saturated heterocycles. The maximum absolute atomic E-state index is 12.4. The first kappa shape index (κ1) is 15.8. The predicted octanol–water partition coefficient (Wildman–Crippen LogP) is 1.75. The van der Waals surface area contributed by atoms with Crippen molar-refractivity contribution in [2.45, 2.75) is 26.7 Å². The zero-order valence-electron chi connectivity index (χ0n) is 12.8. The van der Waals surface area contributed by atoms with E-state index in [-0.39, 0.29) is 11.9 Å². The highest BCUT2D eigenvalue weighted by Crippen LogP contribution is 2.20. The number of hydrogen-bond acceptors (Lipinski definition) is 4. The topological polar surface area (TPSA) is 65.5 Å². The number of urea groups is 1. The number of hydrogen-bond donors (Lipinski definition) is 1. The minimum atomic E-state index is -0.0552. The third kappa shape index (κ3) is 3.72. The molecule has 21 heavy (non-hydrogen) atoms. The summed E-state index contributed by atoms with van der Waals surface area (Å²) in [6.45, 7) is 8.91. The largest absolute Gasteiger partial charge is 0.338 e. The fraction of sp³-hybridized carbons (Fsp3) is 0.643. The molecule has 1 N–H and O–H groups in total. The molecule has 1 fully saturated rings. The minimum Gasteiger partial charge on any atom is -0.338 e. The van der Waals surface area contributed by atoms with Gasteiger partial charge < -0.3 is 15.1 Å². The van der Waals surface area contributed by atoms with E-state index in [1.54, 1.807) is 9.80 Å². The van der Waals surface area contributed by atoms with E-state index >= 15 is 0 Å². The molecule has 3 amide bonds. The van der Waals surface area contributed by atoms with E-state index in [0.29, 0.717) is 44.3 Å². The number of nitrogens with zero attached hydrogens (tertiary/aromatic N) is 3. The van der Waals surface area contributed by atoms with Crippen molar-refractivity contribution in [1.82, 2.24) is 20.1 Å². The third-order valence-corrected chi connectivity index (χ3v) is 4.56. The molecule has 1 aliphatic rings. The lowest BCUT2D eigenvalue weighted by Crippen LogP contribution is -2.53. The van der Waals surface area contributed by atoms with Crippen LogP contribution in [0.2, 0.25) is 0 Å². The van der Waals surface area contributed by atoms with Crippen molar-refractivity contribution in [3.05, 3.63) is 16.1 Å². The molecule has 0 aromatic carbocycles. The van der Waals surface area contributed by atoms with E-state index in [0.717, 1.165) is 5.01 Å². The molecular weight excluding hydrogens is 288 g/mol. The highest BCUT2D eigenvalue weighted by molar-refractivity contribution is 7.09. The summed E-state index contributed by atoms with van der Waals surface area (Å²) in [5.74, 6) is 0.305. The number of rotatable bonds is 3. The third-order valence-electron chi connectivity index (χ3n) is 3.42. The summed E-state index contributed by atoms with van der Waals surface area (Å²) in [6.07, 6.45) is 0. The van der Waals surface area contributed by atoms with E-state index in [9.17, 15) is 9.59 Å². The van der Waals surface area contributed by atoms with Gasteiger partial charge in [0.15, 0.2) is 0 Å². The summed E-state index contributed by atoms with van der Waals surface area (Å²) >= 11 is 1.53. The Hall–Kier alpha value is -1.63. The van der Waals surface area contributed by atoms with E-state index in [1.807, 2.05) is 12.3 Å². The van der Waals surface area contributed by atoms with Crippen molar-refractivity contribution in [1.29, 1.82) is 0 Å². The lowest BCUT2D eigenvalue weighted by Gasteiger charge is -2.34. The van der Waals surface area contributed by atoms with Crippen LogP contribution in [0, 0.1) is 0 Å². The molecule has 0 saturated carbocycles. The van der Waals surface area contributed by atoms with Crippen LogP contribution in [0.1, 0.15) is 42.2 Å². The fourth-order valence-corrected chi connectivity index (χ4v) is 3.00. The summed E-state index contributed by atoms with van der Waals surface area (Å²) in [5.41, 5.74) is 0.523. The lowest BCUT2D eigenvalue weighted by atomic mass is 10.2. The van der Waals surface area contributed by atoms with Gasteiger partial charge in [-0.2, -0.15) is 0 Å². The summed E-state index contributed by atoms with van der Waals surface area (Å²) < 4.78 is 0. The highest BCUT2D eigenvalue weighted by atomic mass is 32.1. The van der Waals surface area contributed by atoms with Crippen molar-refractivity contribution < 1.29 is 9.59 Å². The standard InChI is InChI=1S/C14H22N4O2S/c1-4-15-14(20)18-7-5-17(6-8-18)13(19)11-9-21-12(16-11)10(2)3/h9-10H,4-8H2,1-3H3,(H,15,20). The van der Waals surface area contributed by atoms with Crippen molar-refractivity contribution >= 4 is 23.3 Å². The predicted molar refractivity (Wildman–Crippen MR) is 82.8 cm³/mol. The molecule has 0 bridgehead atoms. The number of aromatic nitrogens is 1. The molecule has 2 heterocycles. The van der Waals surface area contributed by atoms with E-state index in [4.69, 9.17) is 0 Å². The monoisotopic (exact) mass is 310 g/mol. The van der Waals surface area contributed by atoms with Crippen molar-refractivity contribution in [3.63, 3.8) is 0 Å². The van der Waals surface area contributed by atoms with Crippen LogP contribution in [0.5, 0.6) is 0 Å². The zero-order chi connectivity index (χ0) is 15.4. The maximum atomic E-state index is 12.4. The Balaban J connectivity index is 1.92. The van der Waals surface area contributed by atoms with E-state index in [2.05, 4.69) is 24.1 Å². The number of carbonyl (C=O) groups is 2. The van der Waals surface area contributed by atoms with Crippen LogP contribution >= 0.6 is 11.3 Å². The van der Waals surface area contributed by atoms with E-state index in [1.165, 1.54) is 11.3 Å². The van der Waals surface area contributed by atoms with Gasteiger partial charge in [-0.1, -0.05) is 13.8 Å². The summed E-state index contributed by atoms with van der Waals surface area (Å²) in [5, 5.41) is 5.59. The molecule has 0 spiro atoms. The van der Waals surface area contributed by atoms with Gasteiger partial charge in [-0.05, 0) is 6.92 Å². The molecule has 1 aromatic rings. The smallest absolute Gasteiger partial charge is 0.317 e. The molecule has 0 radical (unpaired) electrons. The van der Waals surface area contributed by atoms with Crippen LogP contribution in [-0.4, -0.2) is 59.4 Å². The number of thiazole rings is 1. The van der Waals surface area contributed by atoms with Crippen LogP contribution < -0.4 is 5.32 Å². The van der Waals surface area contributed by atoms with Gasteiger partial charge in [-0.3, -0.25) is 4.79 Å². The molecule has 1 aliphatic heterocycles. The minimum absolute atomic E-state index is 0.0336. The van der Waals surface area contributed by atoms with Gasteiger partial charge in [0.2, 0.25) is 0 Å². The second kappa shape index (κ2) is 6.89. The lowest BCUT2D eigenvalue weighted by molar-refractivity contribution is 0.0660. The molecule has 7 heteroatoms. The first-order valence-electron chi connectivity index (χ1n) is 7.30. The van der Waals surface area contributed by atoms with Crippen molar-refractivity contribution in [2.75, 3.05) is 32.7 Å². The van der Waals surface area contributed by atoms with Crippen LogP contribution in [0.4, 0.5) is 4.79 Å². The molecule has 0 atom stereocenters. The Labute approximate surface area is 129 Å². The molecule has 0 unspecified atom stereocenters. The Morgan fingerprint density at radius 1 is 1.29 bits per heavy atom. The molecule has 1 aromatic heterocycles. The molecule has 116 valence electrons. The summed E-state index contributed by atoms with van der Waals surface area (Å²) in [6, 6.07) is -0.0552. The van der Waals surface area contributed by atoms with Gasteiger partial charge in [-0.15, -0.1) is 11.3 Å². The molecule has 0 aliphatic carbocycles. The van der Waals surface area contributed by atoms with Gasteiger partial charge in [-0.25, -0.2) is 9.78 Å². The quantitative estimate of drug-likeness (QED) is 0.925. The van der Waals surface area contributed by atoms with Gasteiger partial charge in [0.1, 0.15) is 5.69 Å². The Bertz CT molecular complexity index is 507. The van der Waals surface area contributed by atoms with Crippen LogP contribution in [0.3, 0.4) is 0 Å². The Kier molecular flexibility index (Phi) is 5.17. The van der Waals surface area contributed by atoms with Gasteiger partial charge in [0, 0.05) is 44.0 Å². The van der Waals surface area contributed by atoms with E-state index < -0.39 is 0 Å². The second-order valence-corrected chi connectivity index (χ2v) is 6.23. The van der Waals surface area contributed by atoms with Crippen LogP contribution in [-0.2, 0) is 0 Å². The maximum Gasteiger partial charge on any atom is 0.317 e. The average molecular weight is 310 g/mol. The number of piperazine rings is 1. The fourth-order valence-electron chi connectivity index (χ4n) is 2.19. The number of carbonyl (C=O) groups excluding carboxylic acids is 2. The van der Waals surface area contributed by atoms with Crippen LogP contribution in [0.15, 0.2) is 5.38 Å². The Morgan fingerprint density at radius 2 is 1.90 bits per heavy atom. The number of amides is 3. The average Bonchev–Trinajstić information content (AvgIpc) is 2.97. The van der Waals surface area contributed by atoms with Crippen molar-refractivity contribution in [2.24, 2.45) is 0 Å². The normalized spacial score (nSPS) is 15.4. The first-order chi connectivity index (χ1) is 10.0. The summed E-state index contributed by atoms with van der Waals surface area (Å²) in [4.78, 5) is 32.0. The van der Waals surface area contributed by atoms with Gasteiger partial charge >= 0.3 is 6.03 Å². The van der Waals surface area contributed by atoms with Gasteiger partial charge in [0.05, 0.1) is 5.01 Å². The molecular formula is C14H22N4O2S. The second-order valence-electron chi connectivity index (χ2n) is 5.34. The molecule has 6 nitrogen and oxygen atoms in total. The first-order valence-corrected chi connectivity index (χ1v) is 8.18. The molecule has 2 rings (SSSR count). The number of nitrogens with one attached hydrogen (secondary N) is 1. The van der Waals surface area contributed by atoms with Crippen LogP contribution in [0.25, 0.3) is 0 Å². The van der Waals surface area contributed by atoms with Gasteiger partial charge in [0.25, 0.3) is 5.91 Å². The Morgan fingerprint density at radius 3 is 2.43 bits per heavy atom. The SMILES string of the molecule is CCNC(=O)N1CCN(C(=O)c2csc(C(C)C)n2)CC1. The van der Waals surface area contributed by atoms with Crippen molar-refractivity contribution in [3.8, 4) is 0 Å². The zero-order valence-corrected chi connectivity index (χ0v) is 13.6. The summed E-state index contributed by atoms with van der Waals surface area (Å²) in [7, 11) is 0. The highest BCUT2D eigenvalue weighted by Gasteiger charge is 2.26.